The van der Waals surface area contributed by atoms with Gasteiger partial charge in [-0.15, -0.1) is 0 Å². The molecule has 0 aromatic carbocycles. The van der Waals surface area contributed by atoms with Crippen LogP contribution >= 0.6 is 0 Å². The summed E-state index contributed by atoms with van der Waals surface area (Å²) in [4.78, 5) is 12.6. The van der Waals surface area contributed by atoms with E-state index in [1.807, 2.05) is 0 Å². The van der Waals surface area contributed by atoms with Gasteiger partial charge in [0, 0.05) is 12.5 Å². The number of carboxylic acids is 1. The Balaban J connectivity index is 1.91. The molecule has 0 spiro atoms. The third kappa shape index (κ3) is 2.51. The zero-order valence-electron chi connectivity index (χ0n) is 9.16. The molecule has 0 aromatic rings. The number of rotatable bonds is 2. The van der Waals surface area contributed by atoms with Crippen molar-refractivity contribution in [1.29, 1.82) is 0 Å². The standard InChI is InChI=1S/C11H17F2NO2/c12-11(13)4-1-5-14(7-11)9-3-2-8(6-9)10(15)16/h8-9H,1-7H2,(H,15,16)/t8-,9+/m0/s1. The molecule has 3 nitrogen and oxygen atoms in total. The third-order valence-corrected chi connectivity index (χ3v) is 3.69. The molecule has 0 bridgehead atoms. The highest BCUT2D eigenvalue weighted by Gasteiger charge is 2.40. The first-order chi connectivity index (χ1) is 7.48. The molecule has 16 heavy (non-hydrogen) atoms. The van der Waals surface area contributed by atoms with Crippen molar-refractivity contribution in [2.45, 2.75) is 44.1 Å². The van der Waals surface area contributed by atoms with Crippen LogP contribution in [-0.4, -0.2) is 41.0 Å². The summed E-state index contributed by atoms with van der Waals surface area (Å²) in [5.74, 6) is -3.70. The van der Waals surface area contributed by atoms with E-state index in [0.29, 0.717) is 25.8 Å². The number of carboxylic acid groups (broad SMARTS) is 1. The molecule has 1 saturated carbocycles. The first-order valence-electron chi connectivity index (χ1n) is 5.83. The van der Waals surface area contributed by atoms with Gasteiger partial charge < -0.3 is 5.11 Å². The van der Waals surface area contributed by atoms with Crippen LogP contribution in [0.4, 0.5) is 8.78 Å². The summed E-state index contributed by atoms with van der Waals surface area (Å²) in [5.41, 5.74) is 0. The van der Waals surface area contributed by atoms with Crippen molar-refractivity contribution in [3.8, 4) is 0 Å². The minimum Gasteiger partial charge on any atom is -0.481 e. The van der Waals surface area contributed by atoms with Crippen LogP contribution in [-0.2, 0) is 4.79 Å². The van der Waals surface area contributed by atoms with Crippen molar-refractivity contribution in [1.82, 2.24) is 4.90 Å². The van der Waals surface area contributed by atoms with Crippen molar-refractivity contribution >= 4 is 5.97 Å². The monoisotopic (exact) mass is 233 g/mol. The van der Waals surface area contributed by atoms with Gasteiger partial charge in [0.25, 0.3) is 5.92 Å². The molecule has 1 aliphatic heterocycles. The Morgan fingerprint density at radius 3 is 2.69 bits per heavy atom. The average Bonchev–Trinajstić information content (AvgIpc) is 2.64. The number of hydrogen-bond acceptors (Lipinski definition) is 2. The van der Waals surface area contributed by atoms with Gasteiger partial charge in [-0.2, -0.15) is 0 Å². The Labute approximate surface area is 93.4 Å². The Bertz CT molecular complexity index is 283. The van der Waals surface area contributed by atoms with Crippen molar-refractivity contribution in [2.75, 3.05) is 13.1 Å². The lowest BCUT2D eigenvalue weighted by atomic mass is 10.0. The van der Waals surface area contributed by atoms with E-state index in [0.717, 1.165) is 6.42 Å². The summed E-state index contributed by atoms with van der Waals surface area (Å²) < 4.78 is 26.4. The molecule has 2 fully saturated rings. The summed E-state index contributed by atoms with van der Waals surface area (Å²) in [6.45, 7) is 0.497. The number of piperidine rings is 1. The van der Waals surface area contributed by atoms with Crippen LogP contribution in [0.5, 0.6) is 0 Å². The Kier molecular flexibility index (Phi) is 3.15. The van der Waals surface area contributed by atoms with Gasteiger partial charge in [-0.1, -0.05) is 0 Å². The van der Waals surface area contributed by atoms with Crippen LogP contribution in [0.15, 0.2) is 0 Å². The summed E-state index contributed by atoms with van der Waals surface area (Å²) >= 11 is 0. The van der Waals surface area contributed by atoms with Crippen molar-refractivity contribution < 1.29 is 18.7 Å². The van der Waals surface area contributed by atoms with Crippen LogP contribution in [0.3, 0.4) is 0 Å². The number of hydrogen-bond donors (Lipinski definition) is 1. The van der Waals surface area contributed by atoms with E-state index in [1.54, 1.807) is 4.90 Å². The van der Waals surface area contributed by atoms with E-state index in [-0.39, 0.29) is 24.9 Å². The molecule has 2 atom stereocenters. The van der Waals surface area contributed by atoms with E-state index < -0.39 is 11.9 Å². The highest BCUT2D eigenvalue weighted by Crippen LogP contribution is 2.34. The SMILES string of the molecule is O=C(O)[C@H]1CC[C@@H](N2CCCC(F)(F)C2)C1. The molecule has 1 saturated heterocycles. The van der Waals surface area contributed by atoms with E-state index in [9.17, 15) is 13.6 Å². The maximum absolute atomic E-state index is 13.2. The van der Waals surface area contributed by atoms with Crippen molar-refractivity contribution in [2.24, 2.45) is 5.92 Å². The molecule has 1 heterocycles. The zero-order valence-corrected chi connectivity index (χ0v) is 9.16. The minimum absolute atomic E-state index is 0.0292. The number of aliphatic carboxylic acids is 1. The van der Waals surface area contributed by atoms with Crippen LogP contribution in [0, 0.1) is 5.92 Å². The number of nitrogens with zero attached hydrogens (tertiary/aromatic N) is 1. The maximum Gasteiger partial charge on any atom is 0.306 e. The lowest BCUT2D eigenvalue weighted by Gasteiger charge is -2.36. The van der Waals surface area contributed by atoms with E-state index >= 15 is 0 Å². The van der Waals surface area contributed by atoms with E-state index in [1.165, 1.54) is 0 Å². The van der Waals surface area contributed by atoms with E-state index in [4.69, 9.17) is 5.11 Å². The number of carbonyl (C=O) groups is 1. The second kappa shape index (κ2) is 4.28. The summed E-state index contributed by atoms with van der Waals surface area (Å²) in [6, 6.07) is 0.0484. The van der Waals surface area contributed by atoms with Crippen LogP contribution in [0.25, 0.3) is 0 Å². The fourth-order valence-corrected chi connectivity index (χ4v) is 2.82. The molecule has 1 aliphatic carbocycles. The van der Waals surface area contributed by atoms with Gasteiger partial charge >= 0.3 is 5.97 Å². The Morgan fingerprint density at radius 1 is 1.38 bits per heavy atom. The minimum atomic E-state index is -2.58. The fraction of sp³-hybridized carbons (Fsp3) is 0.909. The predicted molar refractivity (Wildman–Crippen MR) is 54.5 cm³/mol. The van der Waals surface area contributed by atoms with Crippen LogP contribution < -0.4 is 0 Å². The Morgan fingerprint density at radius 2 is 2.12 bits per heavy atom. The normalized spacial score (nSPS) is 35.1. The number of alkyl halides is 2. The topological polar surface area (TPSA) is 40.5 Å². The summed E-state index contributed by atoms with van der Waals surface area (Å²) in [5, 5.41) is 8.87. The van der Waals surface area contributed by atoms with Gasteiger partial charge in [0.15, 0.2) is 0 Å². The second-order valence-corrected chi connectivity index (χ2v) is 4.93. The highest BCUT2D eigenvalue weighted by atomic mass is 19.3. The van der Waals surface area contributed by atoms with Crippen LogP contribution in [0.2, 0.25) is 0 Å². The summed E-state index contributed by atoms with van der Waals surface area (Å²) in [7, 11) is 0. The first-order valence-corrected chi connectivity index (χ1v) is 5.83. The zero-order chi connectivity index (χ0) is 11.8. The van der Waals surface area contributed by atoms with Gasteiger partial charge in [0.1, 0.15) is 0 Å². The smallest absolute Gasteiger partial charge is 0.306 e. The molecule has 5 heteroatoms. The average molecular weight is 233 g/mol. The van der Waals surface area contributed by atoms with Crippen molar-refractivity contribution in [3.63, 3.8) is 0 Å². The predicted octanol–water partition coefficient (Wildman–Crippen LogP) is 1.97. The third-order valence-electron chi connectivity index (χ3n) is 3.69. The number of halogens is 2. The highest BCUT2D eigenvalue weighted by molar-refractivity contribution is 5.70. The molecule has 2 rings (SSSR count). The molecule has 2 aliphatic rings. The molecule has 0 amide bonds. The van der Waals surface area contributed by atoms with Crippen LogP contribution in [0.1, 0.15) is 32.1 Å². The fourth-order valence-electron chi connectivity index (χ4n) is 2.82. The number of likely N-dealkylation sites (tertiary alicyclic amines) is 1. The first kappa shape index (κ1) is 11.8. The summed E-state index contributed by atoms with van der Waals surface area (Å²) in [6.07, 6.45) is 2.39. The van der Waals surface area contributed by atoms with E-state index in [2.05, 4.69) is 0 Å². The van der Waals surface area contributed by atoms with Crippen molar-refractivity contribution in [3.05, 3.63) is 0 Å². The van der Waals surface area contributed by atoms with Gasteiger partial charge in [0.2, 0.25) is 0 Å². The maximum atomic E-state index is 13.2. The molecule has 0 aromatic heterocycles. The molecule has 0 radical (unpaired) electrons. The molecule has 92 valence electrons. The van der Waals surface area contributed by atoms with Gasteiger partial charge in [-0.25, -0.2) is 8.78 Å². The molecular weight excluding hydrogens is 216 g/mol. The molecule has 0 unspecified atom stereocenters. The lowest BCUT2D eigenvalue weighted by Crippen LogP contribution is -2.47. The second-order valence-electron chi connectivity index (χ2n) is 4.93. The Hall–Kier alpha value is -0.710. The quantitative estimate of drug-likeness (QED) is 0.792. The largest absolute Gasteiger partial charge is 0.481 e. The molecule has 1 N–H and O–H groups in total. The van der Waals surface area contributed by atoms with Gasteiger partial charge in [-0.3, -0.25) is 9.69 Å². The van der Waals surface area contributed by atoms with Gasteiger partial charge in [0.05, 0.1) is 12.5 Å². The van der Waals surface area contributed by atoms with Gasteiger partial charge in [-0.05, 0) is 32.2 Å². The molecular formula is C11H17F2NO2. The lowest BCUT2D eigenvalue weighted by molar-refractivity contribution is -0.141.